The predicted octanol–water partition coefficient (Wildman–Crippen LogP) is 2.51. The number of carbonyl (C=O) groups excluding carboxylic acids is 2. The van der Waals surface area contributed by atoms with Gasteiger partial charge in [0.25, 0.3) is 0 Å². The fourth-order valence-corrected chi connectivity index (χ4v) is 3.44. The first-order valence-corrected chi connectivity index (χ1v) is 8.58. The summed E-state index contributed by atoms with van der Waals surface area (Å²) in [5.41, 5.74) is 0. The molecule has 114 valence electrons. The second-order valence-electron chi connectivity index (χ2n) is 6.03. The number of anilines is 1. The van der Waals surface area contributed by atoms with Gasteiger partial charge in [0.2, 0.25) is 11.8 Å². The van der Waals surface area contributed by atoms with E-state index in [1.807, 2.05) is 5.38 Å². The van der Waals surface area contributed by atoms with Crippen LogP contribution in [-0.4, -0.2) is 34.8 Å². The third-order valence-electron chi connectivity index (χ3n) is 4.20. The number of rotatable bonds is 6. The normalized spacial score (nSPS) is 18.7. The van der Waals surface area contributed by atoms with Crippen molar-refractivity contribution in [1.82, 2.24) is 9.88 Å². The van der Waals surface area contributed by atoms with E-state index in [1.165, 1.54) is 24.2 Å². The lowest BCUT2D eigenvalue weighted by Crippen LogP contribution is -2.42. The van der Waals surface area contributed by atoms with Gasteiger partial charge in [-0.2, -0.15) is 0 Å². The molecule has 2 saturated carbocycles. The number of hydrogen-bond donors (Lipinski definition) is 1. The van der Waals surface area contributed by atoms with E-state index in [1.54, 1.807) is 11.1 Å². The van der Waals surface area contributed by atoms with Crippen molar-refractivity contribution >= 4 is 28.3 Å². The molecule has 0 atom stereocenters. The number of thiazole rings is 1. The van der Waals surface area contributed by atoms with Crippen LogP contribution in [0.2, 0.25) is 0 Å². The summed E-state index contributed by atoms with van der Waals surface area (Å²) < 4.78 is 0. The van der Waals surface area contributed by atoms with Gasteiger partial charge in [-0.15, -0.1) is 11.3 Å². The van der Waals surface area contributed by atoms with Crippen molar-refractivity contribution in [2.45, 2.75) is 38.5 Å². The van der Waals surface area contributed by atoms with Crippen LogP contribution in [-0.2, 0) is 9.59 Å². The Morgan fingerprint density at radius 1 is 1.29 bits per heavy atom. The van der Waals surface area contributed by atoms with Crippen molar-refractivity contribution < 1.29 is 9.59 Å². The lowest BCUT2D eigenvalue weighted by Gasteiger charge is -2.25. The topological polar surface area (TPSA) is 62.3 Å². The van der Waals surface area contributed by atoms with Crippen LogP contribution in [0.3, 0.4) is 0 Å². The summed E-state index contributed by atoms with van der Waals surface area (Å²) in [7, 11) is 0. The fourth-order valence-electron chi connectivity index (χ4n) is 2.89. The van der Waals surface area contributed by atoms with Crippen LogP contribution in [0.5, 0.6) is 0 Å². The highest BCUT2D eigenvalue weighted by molar-refractivity contribution is 7.13. The molecule has 2 amide bonds. The summed E-state index contributed by atoms with van der Waals surface area (Å²) in [4.78, 5) is 30.5. The largest absolute Gasteiger partial charge is 0.333 e. The van der Waals surface area contributed by atoms with Gasteiger partial charge in [-0.25, -0.2) is 4.98 Å². The standard InChI is InChI=1S/C15H21N3O2S/c19-13(17-15-16-7-8-21-15)10-18(9-11-5-6-11)14(20)12-3-1-2-4-12/h7-8,11-12H,1-6,9-10H2,(H,16,17,19). The number of nitrogens with zero attached hydrogens (tertiary/aromatic N) is 2. The molecule has 21 heavy (non-hydrogen) atoms. The minimum atomic E-state index is -0.142. The van der Waals surface area contributed by atoms with Crippen molar-refractivity contribution in [1.29, 1.82) is 0 Å². The number of nitrogens with one attached hydrogen (secondary N) is 1. The molecule has 6 heteroatoms. The van der Waals surface area contributed by atoms with Gasteiger partial charge in [0.15, 0.2) is 5.13 Å². The number of hydrogen-bond acceptors (Lipinski definition) is 4. The Bertz CT molecular complexity index is 493. The minimum Gasteiger partial charge on any atom is -0.333 e. The Hall–Kier alpha value is -1.43. The Kier molecular flexibility index (Phi) is 4.53. The molecular weight excluding hydrogens is 286 g/mol. The molecule has 0 aliphatic heterocycles. The van der Waals surface area contributed by atoms with Gasteiger partial charge in [0, 0.05) is 24.0 Å². The highest BCUT2D eigenvalue weighted by atomic mass is 32.1. The Balaban J connectivity index is 1.58. The van der Waals surface area contributed by atoms with E-state index in [4.69, 9.17) is 0 Å². The minimum absolute atomic E-state index is 0.136. The molecule has 1 heterocycles. The first kappa shape index (κ1) is 14.5. The van der Waals surface area contributed by atoms with Crippen molar-refractivity contribution in [3.63, 3.8) is 0 Å². The van der Waals surface area contributed by atoms with Crippen molar-refractivity contribution in [2.24, 2.45) is 11.8 Å². The molecule has 5 nitrogen and oxygen atoms in total. The zero-order valence-corrected chi connectivity index (χ0v) is 12.9. The Morgan fingerprint density at radius 2 is 2.05 bits per heavy atom. The average molecular weight is 307 g/mol. The maximum Gasteiger partial charge on any atom is 0.245 e. The molecule has 1 aromatic heterocycles. The molecule has 2 aliphatic carbocycles. The molecule has 3 rings (SSSR count). The monoisotopic (exact) mass is 307 g/mol. The summed E-state index contributed by atoms with van der Waals surface area (Å²) in [6.07, 6.45) is 8.26. The van der Waals surface area contributed by atoms with Crippen LogP contribution in [0.15, 0.2) is 11.6 Å². The van der Waals surface area contributed by atoms with Gasteiger partial charge < -0.3 is 10.2 Å². The third kappa shape index (κ3) is 4.03. The summed E-state index contributed by atoms with van der Waals surface area (Å²) in [6.45, 7) is 0.895. The first-order valence-electron chi connectivity index (χ1n) is 7.70. The lowest BCUT2D eigenvalue weighted by molar-refractivity contribution is -0.138. The highest BCUT2D eigenvalue weighted by Gasteiger charge is 2.32. The molecule has 2 aliphatic rings. The van der Waals surface area contributed by atoms with Crippen molar-refractivity contribution in [3.8, 4) is 0 Å². The fraction of sp³-hybridized carbons (Fsp3) is 0.667. The van der Waals surface area contributed by atoms with E-state index in [0.717, 1.165) is 32.2 Å². The molecule has 0 spiro atoms. The Morgan fingerprint density at radius 3 is 2.67 bits per heavy atom. The van der Waals surface area contributed by atoms with Crippen LogP contribution in [0.4, 0.5) is 5.13 Å². The zero-order chi connectivity index (χ0) is 14.7. The molecular formula is C15H21N3O2S. The zero-order valence-electron chi connectivity index (χ0n) is 12.1. The smallest absolute Gasteiger partial charge is 0.245 e. The molecule has 0 saturated heterocycles. The van der Waals surface area contributed by atoms with Crippen molar-refractivity contribution in [3.05, 3.63) is 11.6 Å². The van der Waals surface area contributed by atoms with E-state index in [2.05, 4.69) is 10.3 Å². The van der Waals surface area contributed by atoms with E-state index in [0.29, 0.717) is 11.0 Å². The number of amides is 2. The third-order valence-corrected chi connectivity index (χ3v) is 4.89. The molecule has 0 bridgehead atoms. The van der Waals surface area contributed by atoms with Crippen molar-refractivity contribution in [2.75, 3.05) is 18.4 Å². The second-order valence-corrected chi connectivity index (χ2v) is 6.92. The molecule has 1 N–H and O–H groups in total. The number of carbonyl (C=O) groups is 2. The van der Waals surface area contributed by atoms with E-state index in [-0.39, 0.29) is 24.3 Å². The van der Waals surface area contributed by atoms with Gasteiger partial charge in [-0.05, 0) is 31.6 Å². The van der Waals surface area contributed by atoms with Crippen LogP contribution >= 0.6 is 11.3 Å². The maximum absolute atomic E-state index is 12.6. The summed E-state index contributed by atoms with van der Waals surface area (Å²) in [6, 6.07) is 0. The van der Waals surface area contributed by atoms with E-state index >= 15 is 0 Å². The van der Waals surface area contributed by atoms with Crippen LogP contribution in [0.1, 0.15) is 38.5 Å². The summed E-state index contributed by atoms with van der Waals surface area (Å²) in [5, 5.41) is 5.18. The van der Waals surface area contributed by atoms with Gasteiger partial charge in [0.05, 0.1) is 6.54 Å². The number of aromatic nitrogens is 1. The summed E-state index contributed by atoms with van der Waals surface area (Å²) in [5.74, 6) is 0.769. The lowest BCUT2D eigenvalue weighted by atomic mass is 10.1. The van der Waals surface area contributed by atoms with Gasteiger partial charge >= 0.3 is 0 Å². The molecule has 0 aromatic carbocycles. The molecule has 0 radical (unpaired) electrons. The van der Waals surface area contributed by atoms with E-state index in [9.17, 15) is 9.59 Å². The highest BCUT2D eigenvalue weighted by Crippen LogP contribution is 2.32. The van der Waals surface area contributed by atoms with Crippen LogP contribution < -0.4 is 5.32 Å². The molecule has 0 unspecified atom stereocenters. The van der Waals surface area contributed by atoms with Crippen LogP contribution in [0, 0.1) is 11.8 Å². The van der Waals surface area contributed by atoms with Gasteiger partial charge in [-0.3, -0.25) is 9.59 Å². The van der Waals surface area contributed by atoms with Gasteiger partial charge in [0.1, 0.15) is 0 Å². The van der Waals surface area contributed by atoms with Crippen LogP contribution in [0.25, 0.3) is 0 Å². The predicted molar refractivity (Wildman–Crippen MR) is 82.0 cm³/mol. The SMILES string of the molecule is O=C(CN(CC1CC1)C(=O)C1CCCC1)Nc1nccs1. The maximum atomic E-state index is 12.6. The quantitative estimate of drug-likeness (QED) is 0.878. The Labute approximate surface area is 128 Å². The molecule has 1 aromatic rings. The summed E-state index contributed by atoms with van der Waals surface area (Å²) >= 11 is 1.39. The first-order chi connectivity index (χ1) is 10.2. The second kappa shape index (κ2) is 6.56. The molecule has 2 fully saturated rings. The average Bonchev–Trinajstić information content (AvgIpc) is 2.96. The van der Waals surface area contributed by atoms with Gasteiger partial charge in [-0.1, -0.05) is 12.8 Å². The van der Waals surface area contributed by atoms with E-state index < -0.39 is 0 Å².